The third-order valence-electron chi connectivity index (χ3n) is 4.80. The minimum atomic E-state index is 0.507. The standard InChI is InChI=1S/C25H33N5O2/c1-4-26-25(29-18-24-27-17-22(30-24)20-9-7-6-8-10-20)28-16-21-12-11-19(3)15-23(21)32-14-13-31-5-2/h6-12,15,17H,4-5,13-14,16,18H2,1-3H3,(H,27,30)(H2,26,28,29). The number of nitrogens with zero attached hydrogens (tertiary/aromatic N) is 2. The minimum absolute atomic E-state index is 0.507. The quantitative estimate of drug-likeness (QED) is 0.240. The van der Waals surface area contributed by atoms with Crippen molar-refractivity contribution in [2.75, 3.05) is 26.4 Å². The van der Waals surface area contributed by atoms with Gasteiger partial charge in [-0.2, -0.15) is 0 Å². The number of imidazole rings is 1. The van der Waals surface area contributed by atoms with E-state index in [0.29, 0.717) is 32.9 Å². The maximum atomic E-state index is 5.94. The summed E-state index contributed by atoms with van der Waals surface area (Å²) in [6, 6.07) is 16.4. The highest BCUT2D eigenvalue weighted by Crippen LogP contribution is 2.21. The Balaban J connectivity index is 1.62. The molecule has 0 saturated carbocycles. The SMILES string of the molecule is CCNC(=NCc1ccc(C)cc1OCCOCC)NCc1ncc(-c2ccccc2)[nH]1. The van der Waals surface area contributed by atoms with Crippen molar-refractivity contribution in [2.24, 2.45) is 4.99 Å². The lowest BCUT2D eigenvalue weighted by Crippen LogP contribution is -2.37. The zero-order valence-electron chi connectivity index (χ0n) is 19.1. The molecule has 0 radical (unpaired) electrons. The van der Waals surface area contributed by atoms with E-state index in [1.165, 1.54) is 0 Å². The number of guanidine groups is 1. The Bertz CT molecular complexity index is 985. The lowest BCUT2D eigenvalue weighted by atomic mass is 10.1. The number of benzene rings is 2. The number of H-pyrrole nitrogens is 1. The van der Waals surface area contributed by atoms with Crippen molar-refractivity contribution in [3.63, 3.8) is 0 Å². The monoisotopic (exact) mass is 435 g/mol. The van der Waals surface area contributed by atoms with Crippen LogP contribution in [0.3, 0.4) is 0 Å². The van der Waals surface area contributed by atoms with Gasteiger partial charge in [-0.05, 0) is 38.0 Å². The number of aromatic nitrogens is 2. The van der Waals surface area contributed by atoms with Gasteiger partial charge >= 0.3 is 0 Å². The van der Waals surface area contributed by atoms with Crippen molar-refractivity contribution < 1.29 is 9.47 Å². The number of aromatic amines is 1. The van der Waals surface area contributed by atoms with Crippen LogP contribution in [-0.4, -0.2) is 42.3 Å². The average molecular weight is 436 g/mol. The molecule has 3 rings (SSSR count). The number of hydrogen-bond acceptors (Lipinski definition) is 4. The molecule has 0 aliphatic rings. The largest absolute Gasteiger partial charge is 0.491 e. The Hall–Kier alpha value is -3.32. The maximum absolute atomic E-state index is 5.94. The Labute approximate surface area is 190 Å². The molecule has 0 atom stereocenters. The van der Waals surface area contributed by atoms with Gasteiger partial charge in [-0.25, -0.2) is 9.98 Å². The molecule has 3 N–H and O–H groups in total. The van der Waals surface area contributed by atoms with Gasteiger partial charge in [0.2, 0.25) is 0 Å². The third-order valence-corrected chi connectivity index (χ3v) is 4.80. The van der Waals surface area contributed by atoms with Gasteiger partial charge < -0.3 is 25.1 Å². The van der Waals surface area contributed by atoms with E-state index in [0.717, 1.165) is 46.5 Å². The topological polar surface area (TPSA) is 83.6 Å². The highest BCUT2D eigenvalue weighted by atomic mass is 16.5. The molecule has 0 unspecified atom stereocenters. The van der Waals surface area contributed by atoms with Gasteiger partial charge in [-0.3, -0.25) is 0 Å². The number of hydrogen-bond donors (Lipinski definition) is 3. The van der Waals surface area contributed by atoms with Gasteiger partial charge in [0, 0.05) is 18.7 Å². The predicted octanol–water partition coefficient (Wildman–Crippen LogP) is 4.06. The molecular weight excluding hydrogens is 402 g/mol. The maximum Gasteiger partial charge on any atom is 0.191 e. The highest BCUT2D eigenvalue weighted by molar-refractivity contribution is 5.79. The Morgan fingerprint density at radius 3 is 2.69 bits per heavy atom. The van der Waals surface area contributed by atoms with E-state index in [4.69, 9.17) is 14.5 Å². The van der Waals surface area contributed by atoms with Crippen molar-refractivity contribution in [3.8, 4) is 17.0 Å². The number of rotatable bonds is 11. The first-order valence-corrected chi connectivity index (χ1v) is 11.1. The van der Waals surface area contributed by atoms with Crippen molar-refractivity contribution in [2.45, 2.75) is 33.9 Å². The zero-order chi connectivity index (χ0) is 22.6. The van der Waals surface area contributed by atoms with Gasteiger partial charge in [0.15, 0.2) is 5.96 Å². The van der Waals surface area contributed by atoms with Crippen molar-refractivity contribution >= 4 is 5.96 Å². The molecule has 7 heteroatoms. The minimum Gasteiger partial charge on any atom is -0.491 e. The van der Waals surface area contributed by atoms with Crippen LogP contribution in [0.2, 0.25) is 0 Å². The molecule has 0 aliphatic carbocycles. The molecule has 0 spiro atoms. The number of ether oxygens (including phenoxy) is 2. The second kappa shape index (κ2) is 12.5. The van der Waals surface area contributed by atoms with E-state index in [-0.39, 0.29) is 0 Å². The number of nitrogens with one attached hydrogen (secondary N) is 3. The van der Waals surface area contributed by atoms with E-state index in [9.17, 15) is 0 Å². The first-order chi connectivity index (χ1) is 15.7. The summed E-state index contributed by atoms with van der Waals surface area (Å²) >= 11 is 0. The number of aryl methyl sites for hydroxylation is 1. The van der Waals surface area contributed by atoms with Gasteiger partial charge in [-0.15, -0.1) is 0 Å². The van der Waals surface area contributed by atoms with Crippen LogP contribution in [0.5, 0.6) is 5.75 Å². The summed E-state index contributed by atoms with van der Waals surface area (Å²) in [5.41, 5.74) is 4.30. The van der Waals surface area contributed by atoms with Crippen molar-refractivity contribution in [1.82, 2.24) is 20.6 Å². The number of aliphatic imine (C=N–C) groups is 1. The molecule has 3 aromatic rings. The molecule has 1 heterocycles. The summed E-state index contributed by atoms with van der Waals surface area (Å²) in [5.74, 6) is 2.43. The fourth-order valence-corrected chi connectivity index (χ4v) is 3.17. The lowest BCUT2D eigenvalue weighted by molar-refractivity contribution is 0.110. The molecule has 0 bridgehead atoms. The van der Waals surface area contributed by atoms with Crippen LogP contribution in [0.15, 0.2) is 59.7 Å². The van der Waals surface area contributed by atoms with E-state index in [1.807, 2.05) is 44.3 Å². The molecule has 170 valence electrons. The molecule has 2 aromatic carbocycles. The first-order valence-electron chi connectivity index (χ1n) is 11.1. The van der Waals surface area contributed by atoms with Gasteiger partial charge in [0.05, 0.1) is 31.6 Å². The smallest absolute Gasteiger partial charge is 0.191 e. The van der Waals surface area contributed by atoms with Crippen LogP contribution in [0, 0.1) is 6.92 Å². The first kappa shape index (κ1) is 23.3. The van der Waals surface area contributed by atoms with E-state index < -0.39 is 0 Å². The second-order valence-corrected chi connectivity index (χ2v) is 7.31. The average Bonchev–Trinajstić information content (AvgIpc) is 3.29. The van der Waals surface area contributed by atoms with E-state index in [1.54, 1.807) is 0 Å². The highest BCUT2D eigenvalue weighted by Gasteiger charge is 2.07. The fraction of sp³-hybridized carbons (Fsp3) is 0.360. The van der Waals surface area contributed by atoms with Gasteiger partial charge in [0.25, 0.3) is 0 Å². The van der Waals surface area contributed by atoms with E-state index >= 15 is 0 Å². The molecule has 0 aliphatic heterocycles. The van der Waals surface area contributed by atoms with Crippen molar-refractivity contribution in [3.05, 3.63) is 71.7 Å². The van der Waals surface area contributed by atoms with Crippen LogP contribution in [0.25, 0.3) is 11.3 Å². The third kappa shape index (κ3) is 7.13. The zero-order valence-corrected chi connectivity index (χ0v) is 19.1. The summed E-state index contributed by atoms with van der Waals surface area (Å²) in [7, 11) is 0. The molecule has 0 amide bonds. The van der Waals surface area contributed by atoms with Crippen LogP contribution >= 0.6 is 0 Å². The summed E-state index contributed by atoms with van der Waals surface area (Å²) in [6.07, 6.45) is 1.86. The van der Waals surface area contributed by atoms with Crippen LogP contribution in [0.1, 0.15) is 30.8 Å². The lowest BCUT2D eigenvalue weighted by Gasteiger charge is -2.13. The normalized spacial score (nSPS) is 11.4. The van der Waals surface area contributed by atoms with Crippen LogP contribution in [0.4, 0.5) is 0 Å². The summed E-state index contributed by atoms with van der Waals surface area (Å²) in [5, 5.41) is 6.64. The molecular formula is C25H33N5O2. The Kier molecular flexibility index (Phi) is 9.13. The molecule has 0 fully saturated rings. The molecule has 7 nitrogen and oxygen atoms in total. The Morgan fingerprint density at radius 2 is 1.91 bits per heavy atom. The summed E-state index contributed by atoms with van der Waals surface area (Å²) in [6.45, 7) is 9.69. The van der Waals surface area contributed by atoms with Crippen molar-refractivity contribution in [1.29, 1.82) is 0 Å². The summed E-state index contributed by atoms with van der Waals surface area (Å²) < 4.78 is 11.3. The molecule has 1 aromatic heterocycles. The Morgan fingerprint density at radius 1 is 1.06 bits per heavy atom. The molecule has 0 saturated heterocycles. The predicted molar refractivity (Wildman–Crippen MR) is 129 cm³/mol. The second-order valence-electron chi connectivity index (χ2n) is 7.31. The van der Waals surface area contributed by atoms with Crippen LogP contribution < -0.4 is 15.4 Å². The fourth-order valence-electron chi connectivity index (χ4n) is 3.17. The van der Waals surface area contributed by atoms with Gasteiger partial charge in [-0.1, -0.05) is 42.5 Å². The summed E-state index contributed by atoms with van der Waals surface area (Å²) in [4.78, 5) is 12.6. The van der Waals surface area contributed by atoms with Crippen LogP contribution in [-0.2, 0) is 17.8 Å². The van der Waals surface area contributed by atoms with E-state index in [2.05, 4.69) is 51.8 Å². The van der Waals surface area contributed by atoms with Gasteiger partial charge in [0.1, 0.15) is 18.2 Å². The molecule has 32 heavy (non-hydrogen) atoms.